The lowest BCUT2D eigenvalue weighted by molar-refractivity contribution is -0.118. The van der Waals surface area contributed by atoms with Crippen molar-refractivity contribution >= 4 is 63.3 Å². The molecule has 0 spiro atoms. The number of nitrogens with zero attached hydrogens (tertiary/aromatic N) is 2. The molecule has 1 aliphatic rings. The van der Waals surface area contributed by atoms with Crippen LogP contribution < -0.4 is 24.6 Å². The summed E-state index contributed by atoms with van der Waals surface area (Å²) in [7, 11) is 3.93. The Labute approximate surface area is 226 Å². The molecule has 1 saturated heterocycles. The number of benzene rings is 3. The minimum absolute atomic E-state index is 0.127. The van der Waals surface area contributed by atoms with Gasteiger partial charge in [-0.2, -0.15) is 0 Å². The van der Waals surface area contributed by atoms with Crippen LogP contribution in [-0.2, 0) is 9.59 Å². The average Bonchev–Trinajstić information content (AvgIpc) is 3.17. The van der Waals surface area contributed by atoms with E-state index in [1.54, 1.807) is 47.4 Å². The molecule has 0 bridgehead atoms. The highest BCUT2D eigenvalue weighted by molar-refractivity contribution is 8.27. The molecule has 1 N–H and O–H groups in total. The van der Waals surface area contributed by atoms with Crippen LogP contribution in [0.2, 0.25) is 0 Å². The van der Waals surface area contributed by atoms with Crippen molar-refractivity contribution in [3.05, 3.63) is 83.3 Å². The Hall–Kier alpha value is -3.82. The van der Waals surface area contributed by atoms with Crippen molar-refractivity contribution in [2.75, 3.05) is 42.4 Å². The Balaban J connectivity index is 1.33. The molecule has 0 aromatic heterocycles. The van der Waals surface area contributed by atoms with Crippen molar-refractivity contribution < 1.29 is 19.1 Å². The maximum absolute atomic E-state index is 13.0. The van der Waals surface area contributed by atoms with Crippen LogP contribution >= 0.6 is 24.0 Å². The van der Waals surface area contributed by atoms with E-state index in [2.05, 4.69) is 5.32 Å². The molecule has 37 heavy (non-hydrogen) atoms. The number of anilines is 3. The van der Waals surface area contributed by atoms with Crippen LogP contribution in [-0.4, -0.2) is 43.4 Å². The van der Waals surface area contributed by atoms with Gasteiger partial charge in [0.25, 0.3) is 11.8 Å². The minimum Gasteiger partial charge on any atom is -0.494 e. The number of nitrogens with one attached hydrogen (secondary N) is 1. The highest BCUT2D eigenvalue weighted by Crippen LogP contribution is 2.36. The van der Waals surface area contributed by atoms with Crippen molar-refractivity contribution in [3.63, 3.8) is 0 Å². The summed E-state index contributed by atoms with van der Waals surface area (Å²) in [6.07, 6.45) is 1.80. The average molecular weight is 534 g/mol. The summed E-state index contributed by atoms with van der Waals surface area (Å²) in [6, 6.07) is 22.0. The molecule has 190 valence electrons. The van der Waals surface area contributed by atoms with Gasteiger partial charge in [0.15, 0.2) is 10.9 Å². The first kappa shape index (κ1) is 26.2. The lowest BCUT2D eigenvalue weighted by atomic mass is 10.2. The van der Waals surface area contributed by atoms with Crippen LogP contribution in [0.3, 0.4) is 0 Å². The van der Waals surface area contributed by atoms with Crippen LogP contribution in [0.15, 0.2) is 77.7 Å². The van der Waals surface area contributed by atoms with Gasteiger partial charge in [-0.15, -0.1) is 0 Å². The Morgan fingerprint density at radius 3 is 2.22 bits per heavy atom. The van der Waals surface area contributed by atoms with Crippen LogP contribution in [0, 0.1) is 0 Å². The first-order valence-electron chi connectivity index (χ1n) is 11.6. The number of carbonyl (C=O) groups excluding carboxylic acids is 2. The van der Waals surface area contributed by atoms with Gasteiger partial charge in [-0.05, 0) is 79.2 Å². The van der Waals surface area contributed by atoms with Crippen LogP contribution in [0.5, 0.6) is 11.5 Å². The zero-order chi connectivity index (χ0) is 26.4. The predicted molar refractivity (Wildman–Crippen MR) is 155 cm³/mol. The second-order valence-corrected chi connectivity index (χ2v) is 9.97. The number of amides is 2. The summed E-state index contributed by atoms with van der Waals surface area (Å²) < 4.78 is 11.5. The second-order valence-electron chi connectivity index (χ2n) is 8.29. The van der Waals surface area contributed by atoms with Gasteiger partial charge in [-0.3, -0.25) is 14.5 Å². The van der Waals surface area contributed by atoms with Crippen LogP contribution in [0.25, 0.3) is 6.08 Å². The molecular formula is C28H27N3O4S2. The molecule has 4 rings (SSSR count). The zero-order valence-corrected chi connectivity index (χ0v) is 22.4. The molecule has 0 aliphatic carbocycles. The van der Waals surface area contributed by atoms with E-state index in [4.69, 9.17) is 21.7 Å². The molecule has 0 radical (unpaired) electrons. The summed E-state index contributed by atoms with van der Waals surface area (Å²) >= 11 is 6.75. The molecule has 0 atom stereocenters. The molecule has 1 fully saturated rings. The quantitative estimate of drug-likeness (QED) is 0.285. The third kappa shape index (κ3) is 6.69. The van der Waals surface area contributed by atoms with E-state index in [9.17, 15) is 9.59 Å². The fraction of sp³-hybridized carbons (Fsp3) is 0.179. The van der Waals surface area contributed by atoms with Gasteiger partial charge in [-0.1, -0.05) is 36.1 Å². The summed E-state index contributed by atoms with van der Waals surface area (Å²) in [4.78, 5) is 29.4. The molecular weight excluding hydrogens is 506 g/mol. The highest BCUT2D eigenvalue weighted by Gasteiger charge is 2.33. The van der Waals surface area contributed by atoms with Crippen LogP contribution in [0.4, 0.5) is 17.1 Å². The van der Waals surface area contributed by atoms with E-state index in [1.807, 2.05) is 62.3 Å². The topological polar surface area (TPSA) is 71.1 Å². The van der Waals surface area contributed by atoms with E-state index < -0.39 is 0 Å². The van der Waals surface area contributed by atoms with Gasteiger partial charge < -0.3 is 19.7 Å². The predicted octanol–water partition coefficient (Wildman–Crippen LogP) is 5.57. The van der Waals surface area contributed by atoms with Crippen molar-refractivity contribution in [3.8, 4) is 11.5 Å². The van der Waals surface area contributed by atoms with Crippen molar-refractivity contribution in [1.82, 2.24) is 0 Å². The van der Waals surface area contributed by atoms with E-state index in [0.717, 1.165) is 22.7 Å². The Kier molecular flexibility index (Phi) is 8.47. The number of hydrogen-bond donors (Lipinski definition) is 1. The van der Waals surface area contributed by atoms with Crippen molar-refractivity contribution in [2.24, 2.45) is 0 Å². The molecule has 7 nitrogen and oxygen atoms in total. The number of rotatable bonds is 9. The minimum atomic E-state index is -0.268. The van der Waals surface area contributed by atoms with E-state index >= 15 is 0 Å². The lowest BCUT2D eigenvalue weighted by Crippen LogP contribution is -2.27. The molecule has 0 unspecified atom stereocenters. The summed E-state index contributed by atoms with van der Waals surface area (Å²) in [5.41, 5.74) is 3.28. The Morgan fingerprint density at radius 2 is 1.59 bits per heavy atom. The van der Waals surface area contributed by atoms with E-state index in [-0.39, 0.29) is 18.4 Å². The first-order chi connectivity index (χ1) is 17.8. The number of thiocarbonyl (C=S) groups is 1. The summed E-state index contributed by atoms with van der Waals surface area (Å²) in [6.45, 7) is 2.37. The molecule has 2 amide bonds. The standard InChI is InChI=1S/C28H27N3O4S2/c1-4-34-23-15-7-20(8-16-23)29-26(32)18-35-24-13-5-19(6-14-24)17-25-27(33)31(28(36)37-25)22-11-9-21(10-12-22)30(2)3/h5-17H,4,18H2,1-3H3,(H,29,32)/b25-17-. The van der Waals surface area contributed by atoms with E-state index in [0.29, 0.717) is 27.3 Å². The normalized spacial score (nSPS) is 14.1. The van der Waals surface area contributed by atoms with Gasteiger partial charge in [0, 0.05) is 25.5 Å². The third-order valence-corrected chi connectivity index (χ3v) is 6.72. The molecule has 1 aliphatic heterocycles. The van der Waals surface area contributed by atoms with Gasteiger partial charge in [0.2, 0.25) is 0 Å². The van der Waals surface area contributed by atoms with E-state index in [1.165, 1.54) is 11.8 Å². The number of carbonyl (C=O) groups is 2. The molecule has 3 aromatic rings. The summed E-state index contributed by atoms with van der Waals surface area (Å²) in [5, 5.41) is 2.79. The van der Waals surface area contributed by atoms with Crippen molar-refractivity contribution in [1.29, 1.82) is 0 Å². The smallest absolute Gasteiger partial charge is 0.270 e. The lowest BCUT2D eigenvalue weighted by Gasteiger charge is -2.17. The number of hydrogen-bond acceptors (Lipinski definition) is 7. The molecule has 0 saturated carbocycles. The van der Waals surface area contributed by atoms with Gasteiger partial charge in [-0.25, -0.2) is 0 Å². The maximum Gasteiger partial charge on any atom is 0.270 e. The number of thioether (sulfide) groups is 1. The van der Waals surface area contributed by atoms with Gasteiger partial charge in [0.1, 0.15) is 11.5 Å². The molecule has 9 heteroatoms. The molecule has 1 heterocycles. The fourth-order valence-corrected chi connectivity index (χ4v) is 4.85. The highest BCUT2D eigenvalue weighted by atomic mass is 32.2. The monoisotopic (exact) mass is 533 g/mol. The maximum atomic E-state index is 13.0. The second kappa shape index (κ2) is 11.9. The Bertz CT molecular complexity index is 1300. The first-order valence-corrected chi connectivity index (χ1v) is 12.9. The Morgan fingerprint density at radius 1 is 0.973 bits per heavy atom. The SMILES string of the molecule is CCOc1ccc(NC(=O)COc2ccc(/C=C3\SC(=S)N(c4ccc(N(C)C)cc4)C3=O)cc2)cc1. The van der Waals surface area contributed by atoms with Gasteiger partial charge >= 0.3 is 0 Å². The summed E-state index contributed by atoms with van der Waals surface area (Å²) in [5.74, 6) is 0.875. The van der Waals surface area contributed by atoms with Gasteiger partial charge in [0.05, 0.1) is 17.2 Å². The van der Waals surface area contributed by atoms with Crippen molar-refractivity contribution in [2.45, 2.75) is 6.92 Å². The van der Waals surface area contributed by atoms with Crippen LogP contribution in [0.1, 0.15) is 12.5 Å². The fourth-order valence-electron chi connectivity index (χ4n) is 3.55. The number of ether oxygens (including phenoxy) is 2. The third-order valence-electron chi connectivity index (χ3n) is 5.41. The zero-order valence-electron chi connectivity index (χ0n) is 20.8. The largest absolute Gasteiger partial charge is 0.494 e. The molecule has 3 aromatic carbocycles.